The lowest BCUT2D eigenvalue weighted by Gasteiger charge is -2.29. The SMILES string of the molecule is CCN(C)c1nc(Cl)nc2c1COCC2c1ccccc1. The van der Waals surface area contributed by atoms with Crippen molar-refractivity contribution in [3.05, 3.63) is 52.4 Å². The first-order chi connectivity index (χ1) is 10.2. The summed E-state index contributed by atoms with van der Waals surface area (Å²) in [4.78, 5) is 11.0. The van der Waals surface area contributed by atoms with Gasteiger partial charge in [-0.15, -0.1) is 0 Å². The highest BCUT2D eigenvalue weighted by molar-refractivity contribution is 6.28. The maximum atomic E-state index is 6.15. The van der Waals surface area contributed by atoms with Crippen LogP contribution in [0.4, 0.5) is 5.82 Å². The standard InChI is InChI=1S/C16H18ClN3O/c1-3-20(2)15-13-10-21-9-12(11-7-5-4-6-8-11)14(13)18-16(17)19-15/h4-8,12H,3,9-10H2,1-2H3. The summed E-state index contributed by atoms with van der Waals surface area (Å²) in [5.41, 5.74) is 3.23. The van der Waals surface area contributed by atoms with E-state index in [4.69, 9.17) is 16.3 Å². The van der Waals surface area contributed by atoms with Gasteiger partial charge in [-0.1, -0.05) is 30.3 Å². The van der Waals surface area contributed by atoms with Crippen molar-refractivity contribution >= 4 is 17.4 Å². The van der Waals surface area contributed by atoms with Crippen LogP contribution in [0.5, 0.6) is 0 Å². The Labute approximate surface area is 129 Å². The third-order valence-electron chi connectivity index (χ3n) is 3.89. The lowest BCUT2D eigenvalue weighted by molar-refractivity contribution is 0.0976. The quantitative estimate of drug-likeness (QED) is 0.816. The van der Waals surface area contributed by atoms with Gasteiger partial charge in [0.1, 0.15) is 5.82 Å². The highest BCUT2D eigenvalue weighted by atomic mass is 35.5. The second-order valence-corrected chi connectivity index (χ2v) is 5.51. The Morgan fingerprint density at radius 1 is 1.29 bits per heavy atom. The van der Waals surface area contributed by atoms with Crippen LogP contribution in [-0.4, -0.2) is 30.2 Å². The number of nitrogens with zero attached hydrogens (tertiary/aromatic N) is 3. The van der Waals surface area contributed by atoms with Crippen molar-refractivity contribution < 1.29 is 4.74 Å². The minimum Gasteiger partial charge on any atom is -0.376 e. The zero-order valence-corrected chi connectivity index (χ0v) is 13.0. The number of hydrogen-bond acceptors (Lipinski definition) is 4. The van der Waals surface area contributed by atoms with E-state index in [1.54, 1.807) is 0 Å². The minimum absolute atomic E-state index is 0.111. The van der Waals surface area contributed by atoms with Crippen LogP contribution in [0.3, 0.4) is 0 Å². The van der Waals surface area contributed by atoms with Gasteiger partial charge in [-0.05, 0) is 24.1 Å². The van der Waals surface area contributed by atoms with E-state index in [0.717, 1.165) is 23.6 Å². The molecule has 0 amide bonds. The molecule has 0 spiro atoms. The average molecular weight is 304 g/mol. The summed E-state index contributed by atoms with van der Waals surface area (Å²) < 4.78 is 5.79. The predicted molar refractivity (Wildman–Crippen MR) is 83.9 cm³/mol. The summed E-state index contributed by atoms with van der Waals surface area (Å²) in [7, 11) is 2.01. The number of fused-ring (bicyclic) bond motifs is 1. The maximum absolute atomic E-state index is 6.15. The van der Waals surface area contributed by atoms with Crippen molar-refractivity contribution in [3.63, 3.8) is 0 Å². The molecule has 5 heteroatoms. The summed E-state index contributed by atoms with van der Waals surface area (Å²) in [6, 6.07) is 10.3. The Hall–Kier alpha value is -1.65. The summed E-state index contributed by atoms with van der Waals surface area (Å²) >= 11 is 6.15. The molecule has 0 radical (unpaired) electrons. The van der Waals surface area contributed by atoms with Gasteiger partial charge in [-0.25, -0.2) is 9.97 Å². The van der Waals surface area contributed by atoms with Crippen molar-refractivity contribution in [1.82, 2.24) is 9.97 Å². The lowest BCUT2D eigenvalue weighted by atomic mass is 9.91. The van der Waals surface area contributed by atoms with Crippen LogP contribution in [0.1, 0.15) is 29.7 Å². The molecule has 1 atom stereocenters. The maximum Gasteiger partial charge on any atom is 0.224 e. The van der Waals surface area contributed by atoms with Crippen molar-refractivity contribution in [2.75, 3.05) is 25.1 Å². The van der Waals surface area contributed by atoms with E-state index in [9.17, 15) is 0 Å². The molecule has 110 valence electrons. The minimum atomic E-state index is 0.111. The molecule has 0 saturated heterocycles. The molecule has 2 aromatic rings. The summed E-state index contributed by atoms with van der Waals surface area (Å²) in [5, 5.41) is 0.298. The van der Waals surface area contributed by atoms with Gasteiger partial charge in [0.25, 0.3) is 0 Å². The fraction of sp³-hybridized carbons (Fsp3) is 0.375. The number of aromatic nitrogens is 2. The Morgan fingerprint density at radius 2 is 2.05 bits per heavy atom. The zero-order valence-electron chi connectivity index (χ0n) is 12.2. The Balaban J connectivity index is 2.11. The van der Waals surface area contributed by atoms with Crippen LogP contribution >= 0.6 is 11.6 Å². The van der Waals surface area contributed by atoms with E-state index >= 15 is 0 Å². The first-order valence-electron chi connectivity index (χ1n) is 7.10. The molecule has 0 N–H and O–H groups in total. The number of rotatable bonds is 3. The molecule has 0 aliphatic carbocycles. The van der Waals surface area contributed by atoms with Crippen LogP contribution in [-0.2, 0) is 11.3 Å². The predicted octanol–water partition coefficient (Wildman–Crippen LogP) is 3.25. The van der Waals surface area contributed by atoms with Crippen molar-refractivity contribution in [1.29, 1.82) is 0 Å². The number of ether oxygens (including phenoxy) is 1. The highest BCUT2D eigenvalue weighted by Crippen LogP contribution is 2.35. The molecule has 4 nitrogen and oxygen atoms in total. The van der Waals surface area contributed by atoms with E-state index in [1.165, 1.54) is 5.56 Å². The van der Waals surface area contributed by atoms with Gasteiger partial charge in [0.2, 0.25) is 5.28 Å². The van der Waals surface area contributed by atoms with Crippen LogP contribution in [0.25, 0.3) is 0 Å². The molecule has 2 heterocycles. The second kappa shape index (κ2) is 6.00. The smallest absolute Gasteiger partial charge is 0.224 e. The van der Waals surface area contributed by atoms with Gasteiger partial charge in [-0.2, -0.15) is 0 Å². The average Bonchev–Trinajstić information content (AvgIpc) is 2.53. The Kier molecular flexibility index (Phi) is 4.08. The van der Waals surface area contributed by atoms with Crippen molar-refractivity contribution in [3.8, 4) is 0 Å². The number of hydrogen-bond donors (Lipinski definition) is 0. The molecule has 1 unspecified atom stereocenters. The monoisotopic (exact) mass is 303 g/mol. The summed E-state index contributed by atoms with van der Waals surface area (Å²) in [6.45, 7) is 4.10. The van der Waals surface area contributed by atoms with Gasteiger partial charge < -0.3 is 9.64 Å². The lowest BCUT2D eigenvalue weighted by Crippen LogP contribution is -2.26. The number of anilines is 1. The van der Waals surface area contributed by atoms with Crippen molar-refractivity contribution in [2.45, 2.75) is 19.4 Å². The molecule has 0 fully saturated rings. The van der Waals surface area contributed by atoms with E-state index in [-0.39, 0.29) is 5.92 Å². The van der Waals surface area contributed by atoms with E-state index < -0.39 is 0 Å². The second-order valence-electron chi connectivity index (χ2n) is 5.17. The molecular formula is C16H18ClN3O. The van der Waals surface area contributed by atoms with E-state index in [1.807, 2.05) is 25.2 Å². The molecule has 1 aliphatic rings. The van der Waals surface area contributed by atoms with Crippen LogP contribution < -0.4 is 4.90 Å². The largest absolute Gasteiger partial charge is 0.376 e. The molecule has 1 aromatic heterocycles. The van der Waals surface area contributed by atoms with Gasteiger partial charge >= 0.3 is 0 Å². The first kappa shape index (κ1) is 14.3. The molecule has 21 heavy (non-hydrogen) atoms. The van der Waals surface area contributed by atoms with Crippen LogP contribution in [0, 0.1) is 0 Å². The third-order valence-corrected chi connectivity index (χ3v) is 4.06. The van der Waals surface area contributed by atoms with E-state index in [2.05, 4.69) is 33.9 Å². The highest BCUT2D eigenvalue weighted by Gasteiger charge is 2.28. The molecule has 3 rings (SSSR count). The Morgan fingerprint density at radius 3 is 2.76 bits per heavy atom. The third kappa shape index (κ3) is 2.74. The topological polar surface area (TPSA) is 38.2 Å². The van der Waals surface area contributed by atoms with Crippen molar-refractivity contribution in [2.24, 2.45) is 0 Å². The zero-order chi connectivity index (χ0) is 14.8. The molecular weight excluding hydrogens is 286 g/mol. The summed E-state index contributed by atoms with van der Waals surface area (Å²) in [5.74, 6) is 0.979. The molecule has 0 saturated carbocycles. The fourth-order valence-electron chi connectivity index (χ4n) is 2.65. The van der Waals surface area contributed by atoms with Gasteiger partial charge in [-0.3, -0.25) is 0 Å². The van der Waals surface area contributed by atoms with E-state index in [0.29, 0.717) is 18.5 Å². The Bertz CT molecular complexity index is 633. The number of halogens is 1. The van der Waals surface area contributed by atoms with Gasteiger partial charge in [0, 0.05) is 19.2 Å². The van der Waals surface area contributed by atoms with Gasteiger partial charge in [0.05, 0.1) is 24.8 Å². The molecule has 1 aliphatic heterocycles. The van der Waals surface area contributed by atoms with Crippen LogP contribution in [0.2, 0.25) is 5.28 Å². The van der Waals surface area contributed by atoms with Crippen LogP contribution in [0.15, 0.2) is 30.3 Å². The number of benzene rings is 1. The summed E-state index contributed by atoms with van der Waals surface area (Å²) in [6.07, 6.45) is 0. The first-order valence-corrected chi connectivity index (χ1v) is 7.48. The molecule has 0 bridgehead atoms. The molecule has 1 aromatic carbocycles. The van der Waals surface area contributed by atoms with Gasteiger partial charge in [0.15, 0.2) is 0 Å². The fourth-order valence-corrected chi connectivity index (χ4v) is 2.82. The normalized spacial score (nSPS) is 17.4.